The van der Waals surface area contributed by atoms with Gasteiger partial charge in [-0.3, -0.25) is 4.79 Å². The molecule has 1 fully saturated rings. The number of benzene rings is 1. The molecular formula is C19H30N2O3S. The summed E-state index contributed by atoms with van der Waals surface area (Å²) in [7, 11) is -3.40. The molecule has 0 saturated carbocycles. The molecule has 0 N–H and O–H groups in total. The molecule has 0 atom stereocenters. The standard InChI is InChI=1S/C19H30N2O3S/c1-3-20(4-2)19(22)14-11-17-9-12-18(13-10-17)25(23,24)21-15-7-5-6-8-16-21/h9-10,12-13H,3-8,11,14-16H2,1-2H3. The number of carbonyl (C=O) groups excluding carboxylic acids is 1. The molecule has 140 valence electrons. The zero-order valence-electron chi connectivity index (χ0n) is 15.4. The molecule has 5 nitrogen and oxygen atoms in total. The second kappa shape index (κ2) is 9.34. The van der Waals surface area contributed by atoms with Crippen molar-refractivity contribution < 1.29 is 13.2 Å². The predicted molar refractivity (Wildman–Crippen MR) is 99.9 cm³/mol. The number of rotatable bonds is 7. The van der Waals surface area contributed by atoms with Crippen molar-refractivity contribution in [3.63, 3.8) is 0 Å². The van der Waals surface area contributed by atoms with E-state index >= 15 is 0 Å². The monoisotopic (exact) mass is 366 g/mol. The van der Waals surface area contributed by atoms with Gasteiger partial charge in [0.15, 0.2) is 0 Å². The smallest absolute Gasteiger partial charge is 0.243 e. The molecule has 0 aliphatic carbocycles. The summed E-state index contributed by atoms with van der Waals surface area (Å²) in [6.07, 6.45) is 5.17. The van der Waals surface area contributed by atoms with Crippen molar-refractivity contribution in [1.29, 1.82) is 0 Å². The van der Waals surface area contributed by atoms with E-state index in [1.807, 2.05) is 30.9 Å². The highest BCUT2D eigenvalue weighted by Crippen LogP contribution is 2.21. The first-order valence-electron chi connectivity index (χ1n) is 9.36. The Morgan fingerprint density at radius 3 is 2.08 bits per heavy atom. The minimum absolute atomic E-state index is 0.145. The molecule has 1 aromatic carbocycles. The Hall–Kier alpha value is -1.40. The highest BCUT2D eigenvalue weighted by molar-refractivity contribution is 7.89. The quantitative estimate of drug-likeness (QED) is 0.745. The number of sulfonamides is 1. The van der Waals surface area contributed by atoms with E-state index in [2.05, 4.69) is 0 Å². The summed E-state index contributed by atoms with van der Waals surface area (Å²) in [5, 5.41) is 0. The first-order valence-corrected chi connectivity index (χ1v) is 10.8. The van der Waals surface area contributed by atoms with Gasteiger partial charge in [-0.25, -0.2) is 8.42 Å². The van der Waals surface area contributed by atoms with E-state index in [4.69, 9.17) is 0 Å². The van der Waals surface area contributed by atoms with Crippen molar-refractivity contribution in [2.45, 2.75) is 57.3 Å². The average Bonchev–Trinajstić information content (AvgIpc) is 2.91. The van der Waals surface area contributed by atoms with Gasteiger partial charge in [0.2, 0.25) is 15.9 Å². The lowest BCUT2D eigenvalue weighted by Gasteiger charge is -2.20. The van der Waals surface area contributed by atoms with Gasteiger partial charge in [-0.15, -0.1) is 0 Å². The van der Waals surface area contributed by atoms with Crippen LogP contribution in [0.3, 0.4) is 0 Å². The van der Waals surface area contributed by atoms with Gasteiger partial charge in [0.1, 0.15) is 0 Å². The van der Waals surface area contributed by atoms with Crippen molar-refractivity contribution in [2.24, 2.45) is 0 Å². The summed E-state index contributed by atoms with van der Waals surface area (Å²) in [5.41, 5.74) is 0.996. The van der Waals surface area contributed by atoms with Crippen molar-refractivity contribution in [3.05, 3.63) is 29.8 Å². The van der Waals surface area contributed by atoms with Gasteiger partial charge in [0.05, 0.1) is 4.90 Å². The molecule has 1 aliphatic heterocycles. The summed E-state index contributed by atoms with van der Waals surface area (Å²) < 4.78 is 27.1. The van der Waals surface area contributed by atoms with Gasteiger partial charge in [-0.05, 0) is 50.8 Å². The molecule has 1 amide bonds. The summed E-state index contributed by atoms with van der Waals surface area (Å²) >= 11 is 0. The minimum atomic E-state index is -3.40. The lowest BCUT2D eigenvalue weighted by molar-refractivity contribution is -0.130. The Balaban J connectivity index is 2.00. The second-order valence-electron chi connectivity index (χ2n) is 6.53. The molecule has 1 aliphatic rings. The summed E-state index contributed by atoms with van der Waals surface area (Å²) in [6, 6.07) is 7.02. The summed E-state index contributed by atoms with van der Waals surface area (Å²) in [4.78, 5) is 14.2. The molecule has 1 aromatic rings. The number of hydrogen-bond donors (Lipinski definition) is 0. The van der Waals surface area contributed by atoms with Gasteiger partial charge in [-0.1, -0.05) is 25.0 Å². The Kier molecular flexibility index (Phi) is 7.44. The van der Waals surface area contributed by atoms with Gasteiger partial charge < -0.3 is 4.90 Å². The Bertz CT molecular complexity index is 644. The highest BCUT2D eigenvalue weighted by atomic mass is 32.2. The third-order valence-corrected chi connectivity index (χ3v) is 6.78. The van der Waals surface area contributed by atoms with Crippen LogP contribution in [0.4, 0.5) is 0 Å². The molecule has 6 heteroatoms. The fourth-order valence-electron chi connectivity index (χ4n) is 3.24. The van der Waals surface area contributed by atoms with Crippen LogP contribution in [0.15, 0.2) is 29.2 Å². The van der Waals surface area contributed by atoms with Gasteiger partial charge in [-0.2, -0.15) is 4.31 Å². The van der Waals surface area contributed by atoms with Crippen LogP contribution in [-0.2, 0) is 21.2 Å². The maximum absolute atomic E-state index is 12.7. The SMILES string of the molecule is CCN(CC)C(=O)CCc1ccc(S(=O)(=O)N2CCCCCC2)cc1. The van der Waals surface area contributed by atoms with Crippen molar-refractivity contribution >= 4 is 15.9 Å². The predicted octanol–water partition coefficient (Wildman–Crippen LogP) is 3.05. The lowest BCUT2D eigenvalue weighted by Crippen LogP contribution is -2.32. The zero-order valence-corrected chi connectivity index (χ0v) is 16.2. The molecule has 0 aromatic heterocycles. The van der Waals surface area contributed by atoms with Gasteiger partial charge in [0, 0.05) is 32.6 Å². The van der Waals surface area contributed by atoms with Crippen LogP contribution in [0.25, 0.3) is 0 Å². The van der Waals surface area contributed by atoms with Crippen LogP contribution in [0.5, 0.6) is 0 Å². The van der Waals surface area contributed by atoms with Crippen molar-refractivity contribution in [1.82, 2.24) is 9.21 Å². The molecule has 0 spiro atoms. The molecule has 1 saturated heterocycles. The maximum Gasteiger partial charge on any atom is 0.243 e. The molecule has 0 unspecified atom stereocenters. The van der Waals surface area contributed by atoms with Crippen LogP contribution >= 0.6 is 0 Å². The van der Waals surface area contributed by atoms with Crippen LogP contribution < -0.4 is 0 Å². The van der Waals surface area contributed by atoms with Crippen LogP contribution in [-0.4, -0.2) is 49.7 Å². The topological polar surface area (TPSA) is 57.7 Å². The van der Waals surface area contributed by atoms with E-state index in [1.165, 1.54) is 0 Å². The molecule has 0 bridgehead atoms. The summed E-state index contributed by atoms with van der Waals surface area (Å²) in [5.74, 6) is 0.145. The van der Waals surface area contributed by atoms with E-state index in [1.54, 1.807) is 16.4 Å². The zero-order chi connectivity index (χ0) is 18.3. The van der Waals surface area contributed by atoms with E-state index in [-0.39, 0.29) is 5.91 Å². The van der Waals surface area contributed by atoms with Crippen LogP contribution in [0.2, 0.25) is 0 Å². The maximum atomic E-state index is 12.7. The second-order valence-corrected chi connectivity index (χ2v) is 8.47. The number of nitrogens with zero attached hydrogens (tertiary/aromatic N) is 2. The molecule has 2 rings (SSSR count). The Morgan fingerprint density at radius 1 is 1.00 bits per heavy atom. The van der Waals surface area contributed by atoms with Crippen LogP contribution in [0.1, 0.15) is 51.5 Å². The van der Waals surface area contributed by atoms with Crippen molar-refractivity contribution in [3.8, 4) is 0 Å². The number of aryl methyl sites for hydroxylation is 1. The van der Waals surface area contributed by atoms with E-state index in [9.17, 15) is 13.2 Å². The largest absolute Gasteiger partial charge is 0.343 e. The van der Waals surface area contributed by atoms with Gasteiger partial charge in [0.25, 0.3) is 0 Å². The first kappa shape index (κ1) is 19.9. The fraction of sp³-hybridized carbons (Fsp3) is 0.632. The minimum Gasteiger partial charge on any atom is -0.343 e. The normalized spacial score (nSPS) is 16.4. The van der Waals surface area contributed by atoms with E-state index in [0.29, 0.717) is 30.8 Å². The number of amides is 1. The average molecular weight is 367 g/mol. The lowest BCUT2D eigenvalue weighted by atomic mass is 10.1. The van der Waals surface area contributed by atoms with Crippen LogP contribution in [0, 0.1) is 0 Å². The number of hydrogen-bond acceptors (Lipinski definition) is 3. The van der Waals surface area contributed by atoms with E-state index < -0.39 is 10.0 Å². The molecule has 0 radical (unpaired) electrons. The highest BCUT2D eigenvalue weighted by Gasteiger charge is 2.24. The molecule has 25 heavy (non-hydrogen) atoms. The Labute approximate surface area is 152 Å². The number of carbonyl (C=O) groups is 1. The third-order valence-electron chi connectivity index (χ3n) is 4.87. The van der Waals surface area contributed by atoms with Gasteiger partial charge >= 0.3 is 0 Å². The molecule has 1 heterocycles. The van der Waals surface area contributed by atoms with Crippen molar-refractivity contribution in [2.75, 3.05) is 26.2 Å². The third kappa shape index (κ3) is 5.28. The first-order chi connectivity index (χ1) is 12.0. The van der Waals surface area contributed by atoms with E-state index in [0.717, 1.165) is 44.3 Å². The molecular weight excluding hydrogens is 336 g/mol. The Morgan fingerprint density at radius 2 is 1.56 bits per heavy atom. The summed E-state index contributed by atoms with van der Waals surface area (Å²) in [6.45, 7) is 6.63. The fourth-order valence-corrected chi connectivity index (χ4v) is 4.76.